The van der Waals surface area contributed by atoms with E-state index in [2.05, 4.69) is 6.92 Å². The van der Waals surface area contributed by atoms with Gasteiger partial charge in [0.2, 0.25) is 0 Å². The van der Waals surface area contributed by atoms with Crippen LogP contribution in [0.3, 0.4) is 0 Å². The van der Waals surface area contributed by atoms with Crippen LogP contribution in [0.2, 0.25) is 0 Å². The summed E-state index contributed by atoms with van der Waals surface area (Å²) in [6.07, 6.45) is 2.19. The Balaban J connectivity index is 2.33. The van der Waals surface area contributed by atoms with Gasteiger partial charge in [0.05, 0.1) is 10.8 Å². The first-order chi connectivity index (χ1) is 8.34. The van der Waals surface area contributed by atoms with Gasteiger partial charge in [0.1, 0.15) is 0 Å². The second kappa shape index (κ2) is 4.33. The summed E-state index contributed by atoms with van der Waals surface area (Å²) in [7, 11) is -3.17. The van der Waals surface area contributed by atoms with Crippen LogP contribution in [0, 0.1) is 0 Å². The minimum atomic E-state index is -3.17. The molecule has 1 aromatic rings. The fraction of sp³-hybridized carbons (Fsp3) is 0.538. The Morgan fingerprint density at radius 2 is 1.83 bits per heavy atom. The summed E-state index contributed by atoms with van der Waals surface area (Å²) in [4.78, 5) is 0. The first kappa shape index (κ1) is 13.5. The molecule has 18 heavy (non-hydrogen) atoms. The summed E-state index contributed by atoms with van der Waals surface area (Å²) in [6.45, 7) is 2.27. The molecule has 2 rings (SSSR count). The van der Waals surface area contributed by atoms with E-state index in [4.69, 9.17) is 11.5 Å². The van der Waals surface area contributed by atoms with Crippen LogP contribution in [0.25, 0.3) is 0 Å². The molecule has 0 bridgehead atoms. The van der Waals surface area contributed by atoms with Crippen molar-refractivity contribution in [2.45, 2.75) is 30.1 Å². The van der Waals surface area contributed by atoms with E-state index in [-0.39, 0.29) is 12.5 Å². The molecular weight excluding hydrogens is 248 g/mol. The van der Waals surface area contributed by atoms with E-state index in [9.17, 15) is 8.42 Å². The number of sulfone groups is 1. The van der Waals surface area contributed by atoms with E-state index in [1.54, 1.807) is 0 Å². The number of benzene rings is 1. The number of rotatable bonds is 4. The Labute approximate surface area is 108 Å². The summed E-state index contributed by atoms with van der Waals surface area (Å²) in [6, 6.07) is 7.96. The Morgan fingerprint density at radius 3 is 2.17 bits per heavy atom. The van der Waals surface area contributed by atoms with Gasteiger partial charge in [-0.05, 0) is 17.5 Å². The van der Waals surface area contributed by atoms with Crippen molar-refractivity contribution in [1.82, 2.24) is 0 Å². The molecule has 1 saturated carbocycles. The highest BCUT2D eigenvalue weighted by atomic mass is 32.2. The van der Waals surface area contributed by atoms with E-state index in [1.165, 1.54) is 11.8 Å². The van der Waals surface area contributed by atoms with E-state index >= 15 is 0 Å². The second-order valence-corrected chi connectivity index (χ2v) is 7.31. The number of nitrogens with two attached hydrogens (primary N) is 2. The molecule has 100 valence electrons. The molecule has 5 heteroatoms. The van der Waals surface area contributed by atoms with Crippen molar-refractivity contribution in [3.8, 4) is 0 Å². The predicted octanol–water partition coefficient (Wildman–Crippen LogP) is 0.416. The molecule has 1 aliphatic rings. The molecule has 0 spiro atoms. The average molecular weight is 268 g/mol. The van der Waals surface area contributed by atoms with Gasteiger partial charge in [-0.25, -0.2) is 8.42 Å². The van der Waals surface area contributed by atoms with Gasteiger partial charge in [-0.1, -0.05) is 31.2 Å². The Hall–Kier alpha value is -0.910. The first-order valence-corrected chi connectivity index (χ1v) is 8.06. The molecule has 0 saturated heterocycles. The maximum atomic E-state index is 11.7. The quantitative estimate of drug-likeness (QED) is 0.828. The van der Waals surface area contributed by atoms with Gasteiger partial charge in [-0.2, -0.15) is 0 Å². The standard InChI is InChI=1S/C13H20N2O2S/c1-3-9-4-6-10(7-5-9)11-12(18(2,16)17)13(11,15)8-14/h4-7,11-12H,3,8,14-15H2,1-2H3/t11-,12+,13+/m1/s1. The van der Waals surface area contributed by atoms with Crippen molar-refractivity contribution >= 4 is 9.84 Å². The highest BCUT2D eigenvalue weighted by molar-refractivity contribution is 7.91. The molecular formula is C13H20N2O2S. The highest BCUT2D eigenvalue weighted by Crippen LogP contribution is 2.53. The molecule has 0 aromatic heterocycles. The summed E-state index contributed by atoms with van der Waals surface area (Å²) < 4.78 is 23.5. The Bertz CT molecular complexity index is 539. The summed E-state index contributed by atoms with van der Waals surface area (Å²) in [5.74, 6) is -0.177. The Kier molecular flexibility index (Phi) is 3.25. The third-order valence-electron chi connectivity index (χ3n) is 3.86. The van der Waals surface area contributed by atoms with E-state index in [0.717, 1.165) is 12.0 Å². The van der Waals surface area contributed by atoms with Crippen molar-refractivity contribution in [3.05, 3.63) is 35.4 Å². The smallest absolute Gasteiger partial charge is 0.152 e. The lowest BCUT2D eigenvalue weighted by atomic mass is 10.0. The lowest BCUT2D eigenvalue weighted by Crippen LogP contribution is -2.38. The molecule has 4 nitrogen and oxygen atoms in total. The van der Waals surface area contributed by atoms with Crippen molar-refractivity contribution in [2.24, 2.45) is 11.5 Å². The number of hydrogen-bond acceptors (Lipinski definition) is 4. The normalized spacial score (nSPS) is 31.3. The minimum absolute atomic E-state index is 0.177. The van der Waals surface area contributed by atoms with Gasteiger partial charge >= 0.3 is 0 Å². The summed E-state index contributed by atoms with van der Waals surface area (Å²) in [5.41, 5.74) is 13.2. The number of hydrogen-bond donors (Lipinski definition) is 2. The maximum Gasteiger partial charge on any atom is 0.152 e. The molecule has 4 N–H and O–H groups in total. The summed E-state index contributed by atoms with van der Waals surface area (Å²) >= 11 is 0. The van der Waals surface area contributed by atoms with Crippen molar-refractivity contribution in [3.63, 3.8) is 0 Å². The third kappa shape index (κ3) is 2.06. The van der Waals surface area contributed by atoms with Crippen LogP contribution in [0.15, 0.2) is 24.3 Å². The molecule has 0 aliphatic heterocycles. The number of aryl methyl sites for hydroxylation is 1. The van der Waals surface area contributed by atoms with Crippen molar-refractivity contribution < 1.29 is 8.42 Å². The average Bonchev–Trinajstić information content (AvgIpc) is 2.97. The van der Waals surface area contributed by atoms with Crippen LogP contribution in [0.1, 0.15) is 24.0 Å². The third-order valence-corrected chi connectivity index (χ3v) is 5.50. The monoisotopic (exact) mass is 268 g/mol. The second-order valence-electron chi connectivity index (χ2n) is 5.14. The van der Waals surface area contributed by atoms with Crippen LogP contribution in [0.4, 0.5) is 0 Å². The molecule has 0 amide bonds. The van der Waals surface area contributed by atoms with E-state index in [0.29, 0.717) is 0 Å². The fourth-order valence-corrected chi connectivity index (χ4v) is 4.62. The molecule has 1 fully saturated rings. The Morgan fingerprint density at radius 1 is 1.28 bits per heavy atom. The highest BCUT2D eigenvalue weighted by Gasteiger charge is 2.67. The zero-order chi connectivity index (χ0) is 13.6. The lowest BCUT2D eigenvalue weighted by Gasteiger charge is -2.07. The van der Waals surface area contributed by atoms with E-state index in [1.807, 2.05) is 24.3 Å². The van der Waals surface area contributed by atoms with Crippen molar-refractivity contribution in [2.75, 3.05) is 12.8 Å². The van der Waals surface area contributed by atoms with Crippen LogP contribution in [-0.4, -0.2) is 32.0 Å². The summed E-state index contributed by atoms with van der Waals surface area (Å²) in [5, 5.41) is -0.553. The fourth-order valence-electron chi connectivity index (χ4n) is 2.76. The van der Waals surface area contributed by atoms with Crippen LogP contribution in [-0.2, 0) is 16.3 Å². The van der Waals surface area contributed by atoms with Gasteiger partial charge in [-0.15, -0.1) is 0 Å². The van der Waals surface area contributed by atoms with E-state index < -0.39 is 20.6 Å². The molecule has 1 aliphatic carbocycles. The maximum absolute atomic E-state index is 11.7. The lowest BCUT2D eigenvalue weighted by molar-refractivity contribution is 0.591. The van der Waals surface area contributed by atoms with Crippen LogP contribution < -0.4 is 11.5 Å². The SMILES string of the molecule is CCc1ccc([C@@H]2[C@H](S(C)(=O)=O)[C@]2(N)CN)cc1. The van der Waals surface area contributed by atoms with Crippen molar-refractivity contribution in [1.29, 1.82) is 0 Å². The molecule has 0 unspecified atom stereocenters. The van der Waals surface area contributed by atoms with Crippen LogP contribution in [0.5, 0.6) is 0 Å². The van der Waals surface area contributed by atoms with Gasteiger partial charge in [0, 0.05) is 18.7 Å². The van der Waals surface area contributed by atoms with Gasteiger partial charge in [0.25, 0.3) is 0 Å². The minimum Gasteiger partial charge on any atom is -0.329 e. The molecule has 1 aromatic carbocycles. The van der Waals surface area contributed by atoms with Crippen LogP contribution >= 0.6 is 0 Å². The zero-order valence-corrected chi connectivity index (χ0v) is 11.6. The molecule has 0 radical (unpaired) electrons. The first-order valence-electron chi connectivity index (χ1n) is 6.11. The largest absolute Gasteiger partial charge is 0.329 e. The zero-order valence-electron chi connectivity index (χ0n) is 10.8. The van der Waals surface area contributed by atoms with Gasteiger partial charge in [0.15, 0.2) is 9.84 Å². The molecule has 0 heterocycles. The van der Waals surface area contributed by atoms with Gasteiger partial charge < -0.3 is 11.5 Å². The molecule has 3 atom stereocenters. The van der Waals surface area contributed by atoms with Gasteiger partial charge in [-0.3, -0.25) is 0 Å². The topological polar surface area (TPSA) is 86.2 Å². The predicted molar refractivity (Wildman–Crippen MR) is 73.2 cm³/mol.